The molecule has 0 saturated carbocycles. The minimum atomic E-state index is -5.10. The largest absolute Gasteiger partial charge is 0.461 e. The molecule has 0 bridgehead atoms. The van der Waals surface area contributed by atoms with E-state index in [1.807, 2.05) is 0 Å². The molecule has 0 aromatic heterocycles. The summed E-state index contributed by atoms with van der Waals surface area (Å²) >= 11 is 3.22. The van der Waals surface area contributed by atoms with E-state index in [1.54, 1.807) is 24.3 Å². The molecule has 0 saturated heterocycles. The van der Waals surface area contributed by atoms with Gasteiger partial charge in [-0.25, -0.2) is 8.78 Å². The van der Waals surface area contributed by atoms with E-state index < -0.39 is 47.2 Å². The first-order valence-electron chi connectivity index (χ1n) is 9.68. The zero-order valence-corrected chi connectivity index (χ0v) is 18.9. The zero-order chi connectivity index (χ0) is 26.2. The van der Waals surface area contributed by atoms with Crippen molar-refractivity contribution in [2.45, 2.75) is 30.7 Å². The smallest absolute Gasteiger partial charge is 0.428 e. The number of halogens is 10. The molecular formula is C23H15BrF9NO. The maximum atomic E-state index is 14.4. The van der Waals surface area contributed by atoms with E-state index in [-0.39, 0.29) is 17.5 Å². The van der Waals surface area contributed by atoms with Gasteiger partial charge in [-0.05, 0) is 59.5 Å². The van der Waals surface area contributed by atoms with Gasteiger partial charge in [0.25, 0.3) is 0 Å². The van der Waals surface area contributed by atoms with Crippen molar-refractivity contribution in [1.82, 2.24) is 0 Å². The quantitative estimate of drug-likeness (QED) is 0.299. The molecule has 188 valence electrons. The molecule has 0 unspecified atom stereocenters. The van der Waals surface area contributed by atoms with Gasteiger partial charge in [0.05, 0.1) is 11.1 Å². The highest BCUT2D eigenvalue weighted by atomic mass is 79.9. The van der Waals surface area contributed by atoms with Gasteiger partial charge in [-0.1, -0.05) is 34.1 Å². The van der Waals surface area contributed by atoms with Crippen LogP contribution in [0.1, 0.15) is 22.3 Å². The fourth-order valence-corrected chi connectivity index (χ4v) is 3.66. The van der Waals surface area contributed by atoms with E-state index in [4.69, 9.17) is 5.73 Å². The van der Waals surface area contributed by atoms with E-state index in [9.17, 15) is 39.5 Å². The Hall–Kier alpha value is -2.73. The Morgan fingerprint density at radius 1 is 0.829 bits per heavy atom. The van der Waals surface area contributed by atoms with Crippen LogP contribution in [0.2, 0.25) is 0 Å². The number of alkyl halides is 7. The number of rotatable bonds is 7. The van der Waals surface area contributed by atoms with Crippen LogP contribution >= 0.6 is 15.9 Å². The summed E-state index contributed by atoms with van der Waals surface area (Å²) in [6.45, 7) is 0. The zero-order valence-electron chi connectivity index (χ0n) is 17.3. The molecule has 2 N–H and O–H groups in total. The Kier molecular flexibility index (Phi) is 7.47. The number of hydrogen-bond acceptors (Lipinski definition) is 2. The van der Waals surface area contributed by atoms with E-state index in [1.165, 1.54) is 0 Å². The molecule has 2 nitrogen and oxygen atoms in total. The summed E-state index contributed by atoms with van der Waals surface area (Å²) in [5, 5.41) is 0. The first-order valence-corrected chi connectivity index (χ1v) is 10.5. The summed E-state index contributed by atoms with van der Waals surface area (Å²) in [5.41, 5.74) is 2.48. The lowest BCUT2D eigenvalue weighted by Gasteiger charge is -2.32. The Bertz CT molecular complexity index is 1200. The minimum absolute atomic E-state index is 0.308. The Balaban J connectivity index is 2.21. The van der Waals surface area contributed by atoms with Gasteiger partial charge in [-0.2, -0.15) is 30.7 Å². The predicted octanol–water partition coefficient (Wildman–Crippen LogP) is 7.43. The molecule has 0 aliphatic heterocycles. The molecule has 0 spiro atoms. The highest BCUT2D eigenvalue weighted by Crippen LogP contribution is 2.39. The third-order valence-electron chi connectivity index (χ3n) is 5.08. The molecule has 35 heavy (non-hydrogen) atoms. The van der Waals surface area contributed by atoms with Crippen LogP contribution in [0.3, 0.4) is 0 Å². The highest BCUT2D eigenvalue weighted by molar-refractivity contribution is 9.10. The van der Waals surface area contributed by atoms with Gasteiger partial charge in [0, 0.05) is 10.5 Å². The van der Waals surface area contributed by atoms with Crippen LogP contribution in [-0.4, -0.2) is 12.5 Å². The summed E-state index contributed by atoms with van der Waals surface area (Å²) in [7, 11) is 0. The number of ether oxygens (including phenoxy) is 1. The lowest BCUT2D eigenvalue weighted by atomic mass is 9.78. The van der Waals surface area contributed by atoms with Gasteiger partial charge in [0.1, 0.15) is 17.4 Å². The van der Waals surface area contributed by atoms with E-state index in [0.29, 0.717) is 28.2 Å². The molecule has 0 amide bonds. The van der Waals surface area contributed by atoms with Crippen LogP contribution in [-0.2, 0) is 18.1 Å². The van der Waals surface area contributed by atoms with Crippen molar-refractivity contribution in [1.29, 1.82) is 0 Å². The van der Waals surface area contributed by atoms with Crippen LogP contribution in [0.15, 0.2) is 65.1 Å². The average Bonchev–Trinajstić information content (AvgIpc) is 2.74. The average molecular weight is 572 g/mol. The second kappa shape index (κ2) is 9.73. The summed E-state index contributed by atoms with van der Waals surface area (Å²) < 4.78 is 125. The Labute approximate surface area is 201 Å². The van der Waals surface area contributed by atoms with Gasteiger partial charge in [-0.15, -0.1) is 0 Å². The normalized spacial score (nSPS) is 14.2. The Morgan fingerprint density at radius 2 is 1.46 bits per heavy atom. The number of benzene rings is 3. The number of nitrogens with two attached hydrogens (primary N) is 1. The third kappa shape index (κ3) is 6.10. The summed E-state index contributed by atoms with van der Waals surface area (Å²) in [6, 6.07) is 9.99. The minimum Gasteiger partial charge on any atom is -0.428 e. The standard InChI is InChI=1S/C23H15BrF9NO/c24-15-4-1-12(2-5-15)11-21(34,13-3-6-19(26)18(9-13)22(29,30)31)14-7-16(25)10-17(8-14)35-23(32,33)20(27)28/h1-10,20H,11,34H2/t21-/m0/s1. The van der Waals surface area contributed by atoms with Gasteiger partial charge in [0.15, 0.2) is 0 Å². The van der Waals surface area contributed by atoms with Crippen molar-refractivity contribution < 1.29 is 44.3 Å². The second-order valence-electron chi connectivity index (χ2n) is 7.61. The fraction of sp³-hybridized carbons (Fsp3) is 0.217. The van der Waals surface area contributed by atoms with Crippen molar-refractivity contribution in [3.8, 4) is 5.75 Å². The maximum Gasteiger partial charge on any atom is 0.461 e. The topological polar surface area (TPSA) is 35.2 Å². The maximum absolute atomic E-state index is 14.4. The molecule has 1 atom stereocenters. The third-order valence-corrected chi connectivity index (χ3v) is 5.61. The van der Waals surface area contributed by atoms with Crippen molar-refractivity contribution in [2.75, 3.05) is 0 Å². The molecule has 0 radical (unpaired) electrons. The monoisotopic (exact) mass is 571 g/mol. The summed E-state index contributed by atoms with van der Waals surface area (Å²) in [5.74, 6) is -3.85. The van der Waals surface area contributed by atoms with Gasteiger partial charge < -0.3 is 10.5 Å². The van der Waals surface area contributed by atoms with Crippen molar-refractivity contribution in [2.24, 2.45) is 5.73 Å². The Morgan fingerprint density at radius 3 is 2.03 bits per heavy atom. The molecule has 3 aromatic carbocycles. The lowest BCUT2D eigenvalue weighted by Crippen LogP contribution is -2.41. The van der Waals surface area contributed by atoms with E-state index in [0.717, 1.165) is 18.2 Å². The van der Waals surface area contributed by atoms with Gasteiger partial charge >= 0.3 is 18.7 Å². The van der Waals surface area contributed by atoms with Crippen LogP contribution in [0.5, 0.6) is 5.75 Å². The van der Waals surface area contributed by atoms with Gasteiger partial charge in [-0.3, -0.25) is 0 Å². The van der Waals surface area contributed by atoms with Crippen LogP contribution in [0, 0.1) is 11.6 Å². The van der Waals surface area contributed by atoms with E-state index >= 15 is 0 Å². The van der Waals surface area contributed by atoms with Crippen LogP contribution < -0.4 is 10.5 Å². The molecule has 3 aromatic rings. The van der Waals surface area contributed by atoms with Gasteiger partial charge in [0.2, 0.25) is 0 Å². The lowest BCUT2D eigenvalue weighted by molar-refractivity contribution is -0.253. The fourth-order valence-electron chi connectivity index (χ4n) is 3.40. The molecule has 0 heterocycles. The predicted molar refractivity (Wildman–Crippen MR) is 112 cm³/mol. The first-order chi connectivity index (χ1) is 16.1. The molecule has 0 fully saturated rings. The number of hydrogen-bond donors (Lipinski definition) is 1. The molecule has 0 aliphatic rings. The molecule has 12 heteroatoms. The van der Waals surface area contributed by atoms with Crippen molar-refractivity contribution in [3.05, 3.63) is 99.0 Å². The molecular weight excluding hydrogens is 557 g/mol. The second-order valence-corrected chi connectivity index (χ2v) is 8.52. The molecule has 3 rings (SSSR count). The summed E-state index contributed by atoms with van der Waals surface area (Å²) in [6.07, 6.45) is -14.6. The van der Waals surface area contributed by atoms with Crippen molar-refractivity contribution >= 4 is 15.9 Å². The summed E-state index contributed by atoms with van der Waals surface area (Å²) in [4.78, 5) is 0. The SMILES string of the molecule is N[C@](Cc1ccc(Br)cc1)(c1cc(F)cc(OC(F)(F)C(F)F)c1)c1ccc(F)c(C(F)(F)F)c1. The highest BCUT2D eigenvalue weighted by Gasteiger charge is 2.44. The van der Waals surface area contributed by atoms with E-state index in [2.05, 4.69) is 20.7 Å². The van der Waals surface area contributed by atoms with Crippen LogP contribution in [0.25, 0.3) is 0 Å². The molecule has 0 aliphatic carbocycles. The first kappa shape index (κ1) is 26.9. The van der Waals surface area contributed by atoms with Crippen molar-refractivity contribution in [3.63, 3.8) is 0 Å². The van der Waals surface area contributed by atoms with Crippen LogP contribution in [0.4, 0.5) is 39.5 Å².